The fourth-order valence-electron chi connectivity index (χ4n) is 1.89. The van der Waals surface area contributed by atoms with Gasteiger partial charge in [0.25, 0.3) is 0 Å². The van der Waals surface area contributed by atoms with Crippen molar-refractivity contribution in [1.82, 2.24) is 0 Å². The van der Waals surface area contributed by atoms with E-state index in [1.165, 1.54) is 11.3 Å². The van der Waals surface area contributed by atoms with Gasteiger partial charge in [0.15, 0.2) is 5.92 Å². The molecule has 0 bridgehead atoms. The highest BCUT2D eigenvalue weighted by molar-refractivity contribution is 7.19. The molecule has 18 heavy (non-hydrogen) atoms. The minimum atomic E-state index is -1.38. The Balaban J connectivity index is 2.39. The van der Waals surface area contributed by atoms with Gasteiger partial charge in [0.05, 0.1) is 0 Å². The molecule has 0 aliphatic heterocycles. The van der Waals surface area contributed by atoms with Crippen molar-refractivity contribution in [1.29, 1.82) is 0 Å². The Bertz CT molecular complexity index is 600. The van der Waals surface area contributed by atoms with Crippen molar-refractivity contribution >= 4 is 33.4 Å². The van der Waals surface area contributed by atoms with E-state index in [1.807, 2.05) is 31.2 Å². The van der Waals surface area contributed by atoms with E-state index in [0.717, 1.165) is 20.5 Å². The molecule has 0 unspecified atom stereocenters. The van der Waals surface area contributed by atoms with Gasteiger partial charge in [-0.1, -0.05) is 18.2 Å². The van der Waals surface area contributed by atoms with Crippen molar-refractivity contribution in [3.8, 4) is 0 Å². The first-order valence-electron chi connectivity index (χ1n) is 5.43. The number of rotatable bonds is 4. The van der Waals surface area contributed by atoms with Gasteiger partial charge in [-0.2, -0.15) is 0 Å². The zero-order valence-electron chi connectivity index (χ0n) is 9.71. The maximum atomic E-state index is 10.9. The van der Waals surface area contributed by atoms with Gasteiger partial charge < -0.3 is 10.2 Å². The van der Waals surface area contributed by atoms with E-state index in [0.29, 0.717) is 0 Å². The number of benzene rings is 1. The average Bonchev–Trinajstić information content (AvgIpc) is 2.63. The van der Waals surface area contributed by atoms with E-state index >= 15 is 0 Å². The van der Waals surface area contributed by atoms with Gasteiger partial charge >= 0.3 is 11.9 Å². The molecule has 0 fully saturated rings. The molecule has 94 valence electrons. The minimum Gasteiger partial charge on any atom is -0.481 e. The van der Waals surface area contributed by atoms with Crippen molar-refractivity contribution < 1.29 is 19.8 Å². The Morgan fingerprint density at radius 1 is 1.22 bits per heavy atom. The maximum Gasteiger partial charge on any atom is 0.318 e. The van der Waals surface area contributed by atoms with Crippen molar-refractivity contribution in [2.45, 2.75) is 13.3 Å². The van der Waals surface area contributed by atoms with Crippen LogP contribution >= 0.6 is 11.3 Å². The first-order valence-corrected chi connectivity index (χ1v) is 6.25. The minimum absolute atomic E-state index is 0.0375. The van der Waals surface area contributed by atoms with Crippen LogP contribution < -0.4 is 0 Å². The number of thiophene rings is 1. The third-order valence-electron chi connectivity index (χ3n) is 2.93. The molecule has 0 radical (unpaired) electrons. The highest BCUT2D eigenvalue weighted by atomic mass is 32.1. The van der Waals surface area contributed by atoms with Gasteiger partial charge in [-0.3, -0.25) is 9.59 Å². The first-order chi connectivity index (χ1) is 8.50. The van der Waals surface area contributed by atoms with E-state index in [4.69, 9.17) is 10.2 Å². The molecular weight excluding hydrogens is 252 g/mol. The average molecular weight is 264 g/mol. The maximum absolute atomic E-state index is 10.9. The summed E-state index contributed by atoms with van der Waals surface area (Å²) in [7, 11) is 0. The summed E-state index contributed by atoms with van der Waals surface area (Å²) in [6, 6.07) is 7.74. The Morgan fingerprint density at radius 3 is 2.39 bits per heavy atom. The molecule has 5 heteroatoms. The summed E-state index contributed by atoms with van der Waals surface area (Å²) in [5, 5.41) is 18.9. The molecule has 2 N–H and O–H groups in total. The van der Waals surface area contributed by atoms with E-state index in [9.17, 15) is 9.59 Å². The van der Waals surface area contributed by atoms with Crippen LogP contribution in [0.1, 0.15) is 10.4 Å². The summed E-state index contributed by atoms with van der Waals surface area (Å²) in [6.45, 7) is 1.90. The molecule has 1 aromatic heterocycles. The van der Waals surface area contributed by atoms with Crippen LogP contribution in [0.3, 0.4) is 0 Å². The van der Waals surface area contributed by atoms with Crippen LogP contribution in [0.2, 0.25) is 0 Å². The van der Waals surface area contributed by atoms with Crippen molar-refractivity contribution in [3.05, 3.63) is 34.7 Å². The van der Waals surface area contributed by atoms with Gasteiger partial charge in [0, 0.05) is 16.0 Å². The normalized spacial score (nSPS) is 11.0. The lowest BCUT2D eigenvalue weighted by Crippen LogP contribution is -2.25. The topological polar surface area (TPSA) is 74.6 Å². The van der Waals surface area contributed by atoms with Crippen LogP contribution in [0.15, 0.2) is 24.3 Å². The van der Waals surface area contributed by atoms with Crippen LogP contribution in [-0.4, -0.2) is 22.2 Å². The predicted molar refractivity (Wildman–Crippen MR) is 69.0 cm³/mol. The molecule has 0 atom stereocenters. The predicted octanol–water partition coefficient (Wildman–Crippen LogP) is 2.54. The van der Waals surface area contributed by atoms with Crippen molar-refractivity contribution in [2.24, 2.45) is 5.92 Å². The molecule has 0 amide bonds. The van der Waals surface area contributed by atoms with Gasteiger partial charge in [0.2, 0.25) is 0 Å². The molecule has 0 spiro atoms. The number of carboxylic acid groups (broad SMARTS) is 2. The summed E-state index contributed by atoms with van der Waals surface area (Å²) in [5.74, 6) is -3.96. The Kier molecular flexibility index (Phi) is 3.34. The lowest BCUT2D eigenvalue weighted by molar-refractivity contribution is -0.154. The lowest BCUT2D eigenvalue weighted by Gasteiger charge is -2.06. The zero-order chi connectivity index (χ0) is 13.3. The molecule has 0 aliphatic rings. The molecule has 2 aromatic rings. The molecule has 2 rings (SSSR count). The summed E-state index contributed by atoms with van der Waals surface area (Å²) in [5.41, 5.74) is 0.975. The summed E-state index contributed by atoms with van der Waals surface area (Å²) < 4.78 is 1.06. The number of aryl methyl sites for hydroxylation is 1. The number of hydrogen-bond acceptors (Lipinski definition) is 3. The van der Waals surface area contributed by atoms with Gasteiger partial charge in [0.1, 0.15) is 0 Å². The van der Waals surface area contributed by atoms with E-state index in [-0.39, 0.29) is 6.42 Å². The second-order valence-electron chi connectivity index (χ2n) is 4.08. The Hall–Kier alpha value is -1.88. The van der Waals surface area contributed by atoms with Crippen molar-refractivity contribution in [3.63, 3.8) is 0 Å². The van der Waals surface area contributed by atoms with Gasteiger partial charge in [-0.25, -0.2) is 0 Å². The quantitative estimate of drug-likeness (QED) is 0.832. The first kappa shape index (κ1) is 12.6. The van der Waals surface area contributed by atoms with Crippen molar-refractivity contribution in [2.75, 3.05) is 0 Å². The molecule has 0 saturated carbocycles. The number of carboxylic acids is 2. The Labute approximate surface area is 107 Å². The fraction of sp³-hybridized carbons (Fsp3) is 0.231. The third-order valence-corrected chi connectivity index (χ3v) is 4.22. The zero-order valence-corrected chi connectivity index (χ0v) is 10.5. The SMILES string of the molecule is Cc1c(CC(C(=O)O)C(=O)O)sc2ccccc12. The molecular formula is C13H12O4S. The van der Waals surface area contributed by atoms with E-state index in [1.54, 1.807) is 0 Å². The van der Waals surface area contributed by atoms with Gasteiger partial charge in [-0.05, 0) is 23.9 Å². The molecule has 1 aromatic carbocycles. The highest BCUT2D eigenvalue weighted by Gasteiger charge is 2.27. The smallest absolute Gasteiger partial charge is 0.318 e. The van der Waals surface area contributed by atoms with E-state index in [2.05, 4.69) is 0 Å². The van der Waals surface area contributed by atoms with E-state index < -0.39 is 17.9 Å². The summed E-state index contributed by atoms with van der Waals surface area (Å²) in [4.78, 5) is 22.6. The molecule has 0 saturated heterocycles. The highest BCUT2D eigenvalue weighted by Crippen LogP contribution is 2.32. The largest absolute Gasteiger partial charge is 0.481 e. The van der Waals surface area contributed by atoms with Crippen LogP contribution in [-0.2, 0) is 16.0 Å². The number of aliphatic carboxylic acids is 2. The third kappa shape index (κ3) is 2.22. The standard InChI is InChI=1S/C13H12O4S/c1-7-8-4-2-3-5-10(8)18-11(7)6-9(12(14)15)13(16)17/h2-5,9H,6H2,1H3,(H,14,15)(H,16,17). The molecule has 0 aliphatic carbocycles. The monoisotopic (exact) mass is 264 g/mol. The number of carbonyl (C=O) groups is 2. The number of fused-ring (bicyclic) bond motifs is 1. The van der Waals surface area contributed by atoms with Crippen LogP contribution in [0.5, 0.6) is 0 Å². The lowest BCUT2D eigenvalue weighted by atomic mass is 10.0. The number of hydrogen-bond donors (Lipinski definition) is 2. The van der Waals surface area contributed by atoms with Crippen LogP contribution in [0.25, 0.3) is 10.1 Å². The second-order valence-corrected chi connectivity index (χ2v) is 5.22. The van der Waals surface area contributed by atoms with Crippen LogP contribution in [0, 0.1) is 12.8 Å². The van der Waals surface area contributed by atoms with Crippen LogP contribution in [0.4, 0.5) is 0 Å². The Morgan fingerprint density at radius 2 is 1.83 bits per heavy atom. The fourth-order valence-corrected chi connectivity index (χ4v) is 3.14. The van der Waals surface area contributed by atoms with Gasteiger partial charge in [-0.15, -0.1) is 11.3 Å². The molecule has 1 heterocycles. The molecule has 4 nitrogen and oxygen atoms in total. The second kappa shape index (κ2) is 4.78. The summed E-state index contributed by atoms with van der Waals surface area (Å²) in [6.07, 6.45) is 0.0375. The summed E-state index contributed by atoms with van der Waals surface area (Å²) >= 11 is 1.46.